The topological polar surface area (TPSA) is 74.2 Å². The minimum Gasteiger partial charge on any atom is -0.387 e. The summed E-state index contributed by atoms with van der Waals surface area (Å²) in [5.41, 5.74) is 3.25. The van der Waals surface area contributed by atoms with Crippen LogP contribution in [0.4, 0.5) is 10.1 Å². The van der Waals surface area contributed by atoms with Crippen molar-refractivity contribution in [2.45, 2.75) is 25.9 Å². The number of anilines is 1. The molecule has 0 spiro atoms. The Morgan fingerprint density at radius 1 is 1.30 bits per heavy atom. The molecule has 1 saturated heterocycles. The van der Waals surface area contributed by atoms with Gasteiger partial charge < -0.3 is 15.4 Å². The number of hydrogen-bond donors (Lipinski definition) is 3. The van der Waals surface area contributed by atoms with Gasteiger partial charge in [0.15, 0.2) is 0 Å². The highest BCUT2D eigenvalue weighted by atomic mass is 19.1. The number of carbonyl (C=O) groups is 1. The molecule has 3 rings (SSSR count). The van der Waals surface area contributed by atoms with Crippen molar-refractivity contribution in [2.75, 3.05) is 25.5 Å². The van der Waals surface area contributed by atoms with Crippen LogP contribution in [-0.4, -0.2) is 37.9 Å². The summed E-state index contributed by atoms with van der Waals surface area (Å²) < 4.78 is 19.1. The van der Waals surface area contributed by atoms with Crippen LogP contribution in [0.3, 0.4) is 0 Å². The normalized spacial score (nSPS) is 16.2. The molecule has 0 radical (unpaired) electrons. The molecule has 142 valence electrons. The molecular formula is C21H24FN3O2. The van der Waals surface area contributed by atoms with Gasteiger partial charge in [-0.2, -0.15) is 0 Å². The molecule has 1 aliphatic rings. The van der Waals surface area contributed by atoms with Crippen LogP contribution in [0.1, 0.15) is 39.9 Å². The Balaban J connectivity index is 1.88. The number of ether oxygens (including phenoxy) is 1. The molecule has 1 amide bonds. The van der Waals surface area contributed by atoms with E-state index < -0.39 is 5.82 Å². The van der Waals surface area contributed by atoms with Gasteiger partial charge in [0, 0.05) is 42.6 Å². The number of halogens is 1. The highest BCUT2D eigenvalue weighted by molar-refractivity contribution is 6.15. The maximum atomic E-state index is 13.6. The van der Waals surface area contributed by atoms with Gasteiger partial charge >= 0.3 is 0 Å². The van der Waals surface area contributed by atoms with Crippen molar-refractivity contribution in [2.24, 2.45) is 0 Å². The molecule has 0 saturated carbocycles. The van der Waals surface area contributed by atoms with Gasteiger partial charge in [-0.05, 0) is 49.6 Å². The van der Waals surface area contributed by atoms with E-state index in [0.717, 1.165) is 30.7 Å². The molecule has 2 aromatic carbocycles. The van der Waals surface area contributed by atoms with Gasteiger partial charge in [-0.3, -0.25) is 10.2 Å². The van der Waals surface area contributed by atoms with Crippen LogP contribution in [0.25, 0.3) is 0 Å². The van der Waals surface area contributed by atoms with E-state index in [1.165, 1.54) is 12.1 Å². The molecule has 2 aromatic rings. The summed E-state index contributed by atoms with van der Waals surface area (Å²) in [6.45, 7) is 3.10. The first kappa shape index (κ1) is 19.0. The lowest BCUT2D eigenvalue weighted by Crippen LogP contribution is -2.32. The fourth-order valence-corrected chi connectivity index (χ4v) is 3.36. The SMILES string of the molecule is CNc1c(C)cc(C(=O)NC[C@H]2CCCO2)cc1C(=N)c1cccc(F)c1. The fraction of sp³-hybridized carbons (Fsp3) is 0.333. The molecule has 5 nitrogen and oxygen atoms in total. The zero-order chi connectivity index (χ0) is 19.4. The van der Waals surface area contributed by atoms with Crippen LogP contribution in [0.2, 0.25) is 0 Å². The zero-order valence-electron chi connectivity index (χ0n) is 15.6. The first-order valence-corrected chi connectivity index (χ1v) is 9.06. The van der Waals surface area contributed by atoms with Crippen molar-refractivity contribution in [3.63, 3.8) is 0 Å². The van der Waals surface area contributed by atoms with Crippen LogP contribution >= 0.6 is 0 Å². The van der Waals surface area contributed by atoms with Crippen molar-refractivity contribution in [1.29, 1.82) is 5.41 Å². The van der Waals surface area contributed by atoms with E-state index in [-0.39, 0.29) is 17.7 Å². The second-order valence-corrected chi connectivity index (χ2v) is 6.70. The molecule has 1 atom stereocenters. The lowest BCUT2D eigenvalue weighted by atomic mass is 9.95. The number of rotatable bonds is 6. The van der Waals surface area contributed by atoms with E-state index in [9.17, 15) is 9.18 Å². The molecule has 6 heteroatoms. The summed E-state index contributed by atoms with van der Waals surface area (Å²) in [4.78, 5) is 12.6. The predicted molar refractivity (Wildman–Crippen MR) is 104 cm³/mol. The summed E-state index contributed by atoms with van der Waals surface area (Å²) in [7, 11) is 1.77. The highest BCUT2D eigenvalue weighted by Gasteiger charge is 2.19. The van der Waals surface area contributed by atoms with E-state index in [1.54, 1.807) is 31.3 Å². The smallest absolute Gasteiger partial charge is 0.251 e. The fourth-order valence-electron chi connectivity index (χ4n) is 3.36. The van der Waals surface area contributed by atoms with Crippen LogP contribution in [0, 0.1) is 18.2 Å². The first-order chi connectivity index (χ1) is 13.0. The molecule has 1 aliphatic heterocycles. The Morgan fingerprint density at radius 2 is 2.11 bits per heavy atom. The van der Waals surface area contributed by atoms with E-state index in [1.807, 2.05) is 6.92 Å². The van der Waals surface area contributed by atoms with Gasteiger partial charge in [0.2, 0.25) is 0 Å². The molecule has 27 heavy (non-hydrogen) atoms. The number of carbonyl (C=O) groups excluding carboxylic acids is 1. The molecule has 1 heterocycles. The number of aryl methyl sites for hydroxylation is 1. The van der Waals surface area contributed by atoms with Crippen LogP contribution in [0.15, 0.2) is 36.4 Å². The summed E-state index contributed by atoms with van der Waals surface area (Å²) in [5, 5.41) is 14.5. The maximum absolute atomic E-state index is 13.6. The van der Waals surface area contributed by atoms with Crippen LogP contribution < -0.4 is 10.6 Å². The molecular weight excluding hydrogens is 345 g/mol. The second-order valence-electron chi connectivity index (χ2n) is 6.70. The van der Waals surface area contributed by atoms with E-state index in [2.05, 4.69) is 10.6 Å². The molecule has 1 fully saturated rings. The van der Waals surface area contributed by atoms with Gasteiger partial charge in [-0.1, -0.05) is 12.1 Å². The maximum Gasteiger partial charge on any atom is 0.251 e. The Kier molecular flexibility index (Phi) is 5.86. The zero-order valence-corrected chi connectivity index (χ0v) is 15.6. The van der Waals surface area contributed by atoms with Gasteiger partial charge in [-0.15, -0.1) is 0 Å². The Bertz CT molecular complexity index is 861. The van der Waals surface area contributed by atoms with Crippen molar-refractivity contribution in [1.82, 2.24) is 5.32 Å². The second kappa shape index (κ2) is 8.31. The van der Waals surface area contributed by atoms with Crippen LogP contribution in [-0.2, 0) is 4.74 Å². The van der Waals surface area contributed by atoms with Crippen molar-refractivity contribution >= 4 is 17.3 Å². The summed E-state index contributed by atoms with van der Waals surface area (Å²) in [6.07, 6.45) is 2.04. The van der Waals surface area contributed by atoms with Crippen molar-refractivity contribution < 1.29 is 13.9 Å². The Hall–Kier alpha value is -2.73. The standard InChI is InChI=1S/C21H24FN3O2/c1-13-9-15(21(26)25-12-17-7-4-8-27-17)11-18(20(13)24-2)19(23)14-5-3-6-16(22)10-14/h3,5-6,9-11,17,23-24H,4,7-8,12H2,1-2H3,(H,25,26)/t17-/m1/s1. The molecule has 0 aliphatic carbocycles. The largest absolute Gasteiger partial charge is 0.387 e. The first-order valence-electron chi connectivity index (χ1n) is 9.06. The summed E-state index contributed by atoms with van der Waals surface area (Å²) in [5.74, 6) is -0.602. The average Bonchev–Trinajstić information content (AvgIpc) is 3.18. The monoisotopic (exact) mass is 369 g/mol. The molecule has 0 unspecified atom stereocenters. The summed E-state index contributed by atoms with van der Waals surface area (Å²) >= 11 is 0. The Morgan fingerprint density at radius 3 is 2.78 bits per heavy atom. The van der Waals surface area contributed by atoms with Gasteiger partial charge in [0.05, 0.1) is 11.8 Å². The molecule has 0 bridgehead atoms. The number of nitrogens with one attached hydrogen (secondary N) is 3. The van der Waals surface area contributed by atoms with Crippen molar-refractivity contribution in [3.05, 3.63) is 64.5 Å². The third-order valence-corrected chi connectivity index (χ3v) is 4.74. The van der Waals surface area contributed by atoms with Crippen molar-refractivity contribution in [3.8, 4) is 0 Å². The van der Waals surface area contributed by atoms with E-state index >= 15 is 0 Å². The lowest BCUT2D eigenvalue weighted by Gasteiger charge is -2.17. The lowest BCUT2D eigenvalue weighted by molar-refractivity contribution is 0.0857. The van der Waals surface area contributed by atoms with E-state index in [0.29, 0.717) is 23.2 Å². The molecule has 0 aromatic heterocycles. The van der Waals surface area contributed by atoms with Gasteiger partial charge in [0.1, 0.15) is 5.82 Å². The van der Waals surface area contributed by atoms with Crippen LogP contribution in [0.5, 0.6) is 0 Å². The number of benzene rings is 2. The molecule has 3 N–H and O–H groups in total. The van der Waals surface area contributed by atoms with Gasteiger partial charge in [-0.25, -0.2) is 4.39 Å². The number of hydrogen-bond acceptors (Lipinski definition) is 4. The predicted octanol–water partition coefficient (Wildman–Crippen LogP) is 3.50. The van der Waals surface area contributed by atoms with Gasteiger partial charge in [0.25, 0.3) is 5.91 Å². The third-order valence-electron chi connectivity index (χ3n) is 4.74. The highest BCUT2D eigenvalue weighted by Crippen LogP contribution is 2.25. The quantitative estimate of drug-likeness (QED) is 0.682. The third kappa shape index (κ3) is 4.34. The average molecular weight is 369 g/mol. The summed E-state index contributed by atoms with van der Waals surface area (Å²) in [6, 6.07) is 9.39. The minimum atomic E-state index is -0.398. The Labute approximate surface area is 158 Å². The van der Waals surface area contributed by atoms with E-state index in [4.69, 9.17) is 10.1 Å². The minimum absolute atomic E-state index is 0.0664. The number of amides is 1.